The van der Waals surface area contributed by atoms with Gasteiger partial charge in [-0.05, 0) is 62.2 Å². The average molecular weight is 409 g/mol. The van der Waals surface area contributed by atoms with E-state index in [9.17, 15) is 9.18 Å². The first-order valence-electron chi connectivity index (χ1n) is 10.9. The molecule has 2 heterocycles. The zero-order valence-corrected chi connectivity index (χ0v) is 17.5. The van der Waals surface area contributed by atoms with Crippen molar-refractivity contribution < 1.29 is 9.18 Å². The van der Waals surface area contributed by atoms with E-state index >= 15 is 0 Å². The zero-order chi connectivity index (χ0) is 20.9. The molecular formula is C24H29FN4O. The van der Waals surface area contributed by atoms with E-state index < -0.39 is 0 Å². The Balaban J connectivity index is 1.55. The number of imidazole rings is 1. The highest BCUT2D eigenvalue weighted by atomic mass is 19.1. The molecule has 1 aliphatic rings. The molecule has 30 heavy (non-hydrogen) atoms. The normalized spacial score (nSPS) is 17.3. The van der Waals surface area contributed by atoms with Gasteiger partial charge in [-0.3, -0.25) is 14.3 Å². The second-order valence-corrected chi connectivity index (χ2v) is 8.05. The topological polar surface area (TPSA) is 50.2 Å². The quantitative estimate of drug-likeness (QED) is 0.593. The highest BCUT2D eigenvalue weighted by Crippen LogP contribution is 2.25. The van der Waals surface area contributed by atoms with Crippen LogP contribution in [0.3, 0.4) is 0 Å². The molecule has 0 unspecified atom stereocenters. The standard InChI is InChI=1S/C24H29FN4O/c1-2-3-14-26-24(30)18-7-6-15-28(16-18)17-23-27-21-8-4-5-9-22(21)29(23)20-12-10-19(25)11-13-20/h4-5,8-13,18H,2-3,6-7,14-17H2,1H3,(H,26,30)/t18-/m0/s1. The van der Waals surface area contributed by atoms with Crippen molar-refractivity contribution in [3.8, 4) is 5.69 Å². The van der Waals surface area contributed by atoms with Crippen molar-refractivity contribution in [1.29, 1.82) is 0 Å². The van der Waals surface area contributed by atoms with Crippen molar-refractivity contribution in [3.63, 3.8) is 0 Å². The Kier molecular flexibility index (Phi) is 6.43. The summed E-state index contributed by atoms with van der Waals surface area (Å²) in [4.78, 5) is 19.7. The van der Waals surface area contributed by atoms with Crippen molar-refractivity contribution in [2.45, 2.75) is 39.2 Å². The molecule has 3 aromatic rings. The lowest BCUT2D eigenvalue weighted by Crippen LogP contribution is -2.43. The number of rotatable bonds is 7. The number of aromatic nitrogens is 2. The summed E-state index contributed by atoms with van der Waals surface area (Å²) < 4.78 is 15.6. The zero-order valence-electron chi connectivity index (χ0n) is 17.5. The molecule has 6 heteroatoms. The lowest BCUT2D eigenvalue weighted by molar-refractivity contribution is -0.126. The molecule has 1 amide bonds. The van der Waals surface area contributed by atoms with E-state index in [0.717, 1.165) is 67.9 Å². The lowest BCUT2D eigenvalue weighted by atomic mass is 9.97. The Morgan fingerprint density at radius 1 is 1.20 bits per heavy atom. The Morgan fingerprint density at radius 2 is 2.00 bits per heavy atom. The fourth-order valence-electron chi connectivity index (χ4n) is 4.21. The van der Waals surface area contributed by atoms with Crippen LogP contribution in [0.15, 0.2) is 48.5 Å². The number of piperidine rings is 1. The number of nitrogens with one attached hydrogen (secondary N) is 1. The van der Waals surface area contributed by atoms with Crippen LogP contribution in [-0.2, 0) is 11.3 Å². The van der Waals surface area contributed by atoms with Crippen molar-refractivity contribution in [2.75, 3.05) is 19.6 Å². The van der Waals surface area contributed by atoms with Crippen LogP contribution in [0.1, 0.15) is 38.4 Å². The maximum atomic E-state index is 13.5. The number of fused-ring (bicyclic) bond motifs is 1. The van der Waals surface area contributed by atoms with Crippen LogP contribution in [0.5, 0.6) is 0 Å². The first-order valence-corrected chi connectivity index (χ1v) is 10.9. The van der Waals surface area contributed by atoms with Gasteiger partial charge in [0.05, 0.1) is 23.5 Å². The summed E-state index contributed by atoms with van der Waals surface area (Å²) in [5.74, 6) is 0.854. The third-order valence-corrected chi connectivity index (χ3v) is 5.79. The van der Waals surface area contributed by atoms with Gasteiger partial charge < -0.3 is 5.32 Å². The van der Waals surface area contributed by atoms with Crippen LogP contribution >= 0.6 is 0 Å². The largest absolute Gasteiger partial charge is 0.356 e. The number of benzene rings is 2. The SMILES string of the molecule is CCCCNC(=O)[C@H]1CCCN(Cc2nc3ccccc3n2-c2ccc(F)cc2)C1. The molecule has 158 valence electrons. The summed E-state index contributed by atoms with van der Waals surface area (Å²) in [5.41, 5.74) is 2.82. The van der Waals surface area contributed by atoms with Gasteiger partial charge in [-0.2, -0.15) is 0 Å². The molecule has 1 aliphatic heterocycles. The number of carbonyl (C=O) groups is 1. The van der Waals surface area contributed by atoms with Gasteiger partial charge in [0.1, 0.15) is 11.6 Å². The van der Waals surface area contributed by atoms with Gasteiger partial charge >= 0.3 is 0 Å². The molecule has 1 fully saturated rings. The van der Waals surface area contributed by atoms with Gasteiger partial charge in [0.15, 0.2) is 0 Å². The molecule has 4 rings (SSSR count). The smallest absolute Gasteiger partial charge is 0.224 e. The highest BCUT2D eigenvalue weighted by molar-refractivity contribution is 5.79. The molecule has 2 aromatic carbocycles. The van der Waals surface area contributed by atoms with E-state index in [2.05, 4.69) is 21.7 Å². The highest BCUT2D eigenvalue weighted by Gasteiger charge is 2.27. The maximum Gasteiger partial charge on any atom is 0.224 e. The monoisotopic (exact) mass is 408 g/mol. The Hall–Kier alpha value is -2.73. The number of likely N-dealkylation sites (tertiary alicyclic amines) is 1. The Bertz CT molecular complexity index is 998. The van der Waals surface area contributed by atoms with E-state index in [1.165, 1.54) is 12.1 Å². The van der Waals surface area contributed by atoms with Crippen molar-refractivity contribution in [2.24, 2.45) is 5.92 Å². The van der Waals surface area contributed by atoms with Crippen LogP contribution in [0, 0.1) is 11.7 Å². The molecule has 5 nitrogen and oxygen atoms in total. The number of hydrogen-bond donors (Lipinski definition) is 1. The summed E-state index contributed by atoms with van der Waals surface area (Å²) in [5, 5.41) is 3.08. The Labute approximate surface area is 176 Å². The minimum atomic E-state index is -0.252. The second kappa shape index (κ2) is 9.39. The lowest BCUT2D eigenvalue weighted by Gasteiger charge is -2.31. The fraction of sp³-hybridized carbons (Fsp3) is 0.417. The maximum absolute atomic E-state index is 13.5. The summed E-state index contributed by atoms with van der Waals surface area (Å²) in [6, 6.07) is 14.5. The van der Waals surface area contributed by atoms with Gasteiger partial charge in [-0.1, -0.05) is 25.5 Å². The van der Waals surface area contributed by atoms with Crippen molar-refractivity contribution in [3.05, 3.63) is 60.2 Å². The number of nitrogens with zero attached hydrogens (tertiary/aromatic N) is 3. The van der Waals surface area contributed by atoms with E-state index in [1.54, 1.807) is 12.1 Å². The molecule has 0 saturated carbocycles. The number of amides is 1. The van der Waals surface area contributed by atoms with E-state index in [0.29, 0.717) is 6.54 Å². The molecule has 1 aromatic heterocycles. The van der Waals surface area contributed by atoms with Crippen molar-refractivity contribution in [1.82, 2.24) is 19.8 Å². The fourth-order valence-corrected chi connectivity index (χ4v) is 4.21. The molecule has 0 aliphatic carbocycles. The molecule has 0 spiro atoms. The summed E-state index contributed by atoms with van der Waals surface area (Å²) in [7, 11) is 0. The van der Waals surface area contributed by atoms with Gasteiger partial charge in [0, 0.05) is 18.8 Å². The van der Waals surface area contributed by atoms with Crippen LogP contribution < -0.4 is 5.32 Å². The number of halogens is 1. The summed E-state index contributed by atoms with van der Waals surface area (Å²) >= 11 is 0. The number of para-hydroxylation sites is 2. The van der Waals surface area contributed by atoms with Crippen LogP contribution in [-0.4, -0.2) is 40.0 Å². The number of carbonyl (C=O) groups excluding carboxylic acids is 1. The molecule has 1 atom stereocenters. The number of unbranched alkanes of at least 4 members (excludes halogenated alkanes) is 1. The van der Waals surface area contributed by atoms with Crippen LogP contribution in [0.2, 0.25) is 0 Å². The molecular weight excluding hydrogens is 379 g/mol. The summed E-state index contributed by atoms with van der Waals surface area (Å²) in [6.45, 7) is 5.23. The minimum absolute atomic E-state index is 0.0271. The first-order chi connectivity index (χ1) is 14.7. The molecule has 0 bridgehead atoms. The third kappa shape index (κ3) is 4.54. The average Bonchev–Trinajstić information content (AvgIpc) is 3.12. The van der Waals surface area contributed by atoms with Gasteiger partial charge in [0.25, 0.3) is 0 Å². The minimum Gasteiger partial charge on any atom is -0.356 e. The third-order valence-electron chi connectivity index (χ3n) is 5.79. The summed E-state index contributed by atoms with van der Waals surface area (Å²) in [6.07, 6.45) is 4.03. The van der Waals surface area contributed by atoms with E-state index in [-0.39, 0.29) is 17.6 Å². The van der Waals surface area contributed by atoms with Crippen molar-refractivity contribution >= 4 is 16.9 Å². The second-order valence-electron chi connectivity index (χ2n) is 8.05. The molecule has 1 saturated heterocycles. The van der Waals surface area contributed by atoms with Crippen LogP contribution in [0.4, 0.5) is 4.39 Å². The van der Waals surface area contributed by atoms with Gasteiger partial charge in [0.2, 0.25) is 5.91 Å². The van der Waals surface area contributed by atoms with E-state index in [1.807, 2.05) is 24.3 Å². The predicted molar refractivity (Wildman–Crippen MR) is 117 cm³/mol. The predicted octanol–water partition coefficient (Wildman–Crippen LogP) is 4.29. The van der Waals surface area contributed by atoms with Crippen LogP contribution in [0.25, 0.3) is 16.7 Å². The van der Waals surface area contributed by atoms with Gasteiger partial charge in [-0.15, -0.1) is 0 Å². The first kappa shape index (κ1) is 20.5. The Morgan fingerprint density at radius 3 is 2.80 bits per heavy atom. The molecule has 0 radical (unpaired) electrons. The van der Waals surface area contributed by atoms with E-state index in [4.69, 9.17) is 4.98 Å². The van der Waals surface area contributed by atoms with Gasteiger partial charge in [-0.25, -0.2) is 9.37 Å². The number of hydrogen-bond acceptors (Lipinski definition) is 3. The molecule has 1 N–H and O–H groups in total.